The Morgan fingerprint density at radius 3 is 2.76 bits per heavy atom. The molecule has 4 aliphatic rings. The molecule has 6 heteroatoms. The summed E-state index contributed by atoms with van der Waals surface area (Å²) in [6.45, 7) is 0. The lowest BCUT2D eigenvalue weighted by molar-refractivity contribution is -0.126. The molecule has 2 aliphatic heterocycles. The van der Waals surface area contributed by atoms with Crippen LogP contribution in [0.4, 0.5) is 0 Å². The molecule has 2 N–H and O–H groups in total. The van der Waals surface area contributed by atoms with Crippen LogP contribution < -0.4 is 10.9 Å². The second-order valence-electron chi connectivity index (χ2n) is 5.25. The van der Waals surface area contributed by atoms with E-state index in [-0.39, 0.29) is 29.6 Å². The third kappa shape index (κ3) is 1.10. The Hall–Kier alpha value is -1.72. The Labute approximate surface area is 97.5 Å². The predicted octanol–water partition coefficient (Wildman–Crippen LogP) is -0.380. The highest BCUT2D eigenvalue weighted by Crippen LogP contribution is 2.45. The number of fused-ring (bicyclic) bond motifs is 6. The van der Waals surface area contributed by atoms with E-state index in [9.17, 15) is 9.59 Å². The zero-order valence-electron chi connectivity index (χ0n) is 9.14. The van der Waals surface area contributed by atoms with E-state index in [2.05, 4.69) is 21.1 Å². The first-order chi connectivity index (χ1) is 8.24. The number of amides is 2. The van der Waals surface area contributed by atoms with Crippen molar-refractivity contribution in [3.05, 3.63) is 0 Å². The van der Waals surface area contributed by atoms with Crippen LogP contribution in [-0.2, 0) is 9.59 Å². The van der Waals surface area contributed by atoms with E-state index in [0.717, 1.165) is 30.7 Å². The lowest BCUT2D eigenvalue weighted by Gasteiger charge is -2.39. The molecule has 2 aliphatic carbocycles. The lowest BCUT2D eigenvalue weighted by Crippen LogP contribution is -2.46. The maximum absolute atomic E-state index is 11.7. The number of hydrogen-bond donors (Lipinski definition) is 2. The highest BCUT2D eigenvalue weighted by molar-refractivity contribution is 6.15. The fourth-order valence-corrected chi connectivity index (χ4v) is 3.69. The van der Waals surface area contributed by atoms with Gasteiger partial charge in [0.05, 0.1) is 23.3 Å². The summed E-state index contributed by atoms with van der Waals surface area (Å²) >= 11 is 0. The number of carbonyl (C=O) groups is 2. The van der Waals surface area contributed by atoms with E-state index in [4.69, 9.17) is 0 Å². The van der Waals surface area contributed by atoms with Crippen molar-refractivity contribution in [2.45, 2.75) is 19.3 Å². The summed E-state index contributed by atoms with van der Waals surface area (Å²) in [5.41, 5.74) is 7.05. The molecule has 2 saturated carbocycles. The molecule has 0 unspecified atom stereocenters. The molecule has 0 saturated heterocycles. The highest BCUT2D eigenvalue weighted by atomic mass is 16.2. The van der Waals surface area contributed by atoms with Gasteiger partial charge in [0.1, 0.15) is 0 Å². The van der Waals surface area contributed by atoms with Crippen molar-refractivity contribution >= 4 is 23.2 Å². The smallest absolute Gasteiger partial charge is 0.249 e. The monoisotopic (exact) mass is 232 g/mol. The Balaban J connectivity index is 1.73. The van der Waals surface area contributed by atoms with Crippen LogP contribution in [0.3, 0.4) is 0 Å². The summed E-state index contributed by atoms with van der Waals surface area (Å²) in [7, 11) is 0. The maximum atomic E-state index is 11.7. The number of nitrogens with one attached hydrogen (secondary N) is 2. The summed E-state index contributed by atoms with van der Waals surface area (Å²) in [5, 5.41) is 8.26. The van der Waals surface area contributed by atoms with Gasteiger partial charge >= 0.3 is 0 Å². The van der Waals surface area contributed by atoms with Crippen molar-refractivity contribution in [3.8, 4) is 0 Å². The number of nitrogens with zero attached hydrogens (tertiary/aromatic N) is 2. The van der Waals surface area contributed by atoms with Crippen LogP contribution in [0.2, 0.25) is 0 Å². The first kappa shape index (κ1) is 9.32. The van der Waals surface area contributed by atoms with Gasteiger partial charge in [-0.2, -0.15) is 10.2 Å². The Bertz CT molecular complexity index is 496. The molecule has 2 bridgehead atoms. The fourth-order valence-electron chi connectivity index (χ4n) is 3.69. The maximum Gasteiger partial charge on any atom is 0.249 e. The van der Waals surface area contributed by atoms with Crippen LogP contribution in [0.25, 0.3) is 0 Å². The minimum absolute atomic E-state index is 0.00208. The lowest BCUT2D eigenvalue weighted by atomic mass is 9.62. The van der Waals surface area contributed by atoms with E-state index in [1.54, 1.807) is 0 Å². The van der Waals surface area contributed by atoms with Gasteiger partial charge in [0.2, 0.25) is 11.8 Å². The molecule has 88 valence electrons. The molecule has 2 heterocycles. The summed E-state index contributed by atoms with van der Waals surface area (Å²) in [5.74, 6) is 0.342. The third-order valence-corrected chi connectivity index (χ3v) is 4.39. The Morgan fingerprint density at radius 1 is 1.06 bits per heavy atom. The molecule has 17 heavy (non-hydrogen) atoms. The van der Waals surface area contributed by atoms with Crippen LogP contribution in [-0.4, -0.2) is 23.2 Å². The first-order valence-corrected chi connectivity index (χ1v) is 5.97. The molecule has 2 fully saturated rings. The van der Waals surface area contributed by atoms with Gasteiger partial charge in [0.15, 0.2) is 0 Å². The summed E-state index contributed by atoms with van der Waals surface area (Å²) in [6.07, 6.45) is 2.46. The zero-order chi connectivity index (χ0) is 11.6. The largest absolute Gasteiger partial charge is 0.272 e. The van der Waals surface area contributed by atoms with Crippen LogP contribution >= 0.6 is 0 Å². The van der Waals surface area contributed by atoms with E-state index in [1.165, 1.54) is 0 Å². The number of rotatable bonds is 0. The molecular weight excluding hydrogens is 220 g/mol. The third-order valence-electron chi connectivity index (χ3n) is 4.39. The topological polar surface area (TPSA) is 82.9 Å². The minimum Gasteiger partial charge on any atom is -0.272 e. The van der Waals surface area contributed by atoms with Gasteiger partial charge in [-0.25, -0.2) is 10.9 Å². The molecule has 0 aromatic carbocycles. The van der Waals surface area contributed by atoms with E-state index in [1.807, 2.05) is 0 Å². The summed E-state index contributed by atoms with van der Waals surface area (Å²) in [4.78, 5) is 23.4. The SMILES string of the molecule is O=C1NN=C2[C@H]3CC4=NNC(=O)[C@@H]4[C@@H](C3)C[C@@H]12. The van der Waals surface area contributed by atoms with Gasteiger partial charge in [-0.05, 0) is 25.2 Å². The average Bonchev–Trinajstić information content (AvgIpc) is 2.85. The molecule has 0 spiro atoms. The van der Waals surface area contributed by atoms with Gasteiger partial charge in [-0.15, -0.1) is 0 Å². The second kappa shape index (κ2) is 2.94. The Morgan fingerprint density at radius 2 is 1.88 bits per heavy atom. The van der Waals surface area contributed by atoms with Crippen molar-refractivity contribution in [1.82, 2.24) is 10.9 Å². The molecule has 2 amide bonds. The van der Waals surface area contributed by atoms with E-state index in [0.29, 0.717) is 5.92 Å². The Kier molecular flexibility index (Phi) is 1.61. The molecule has 4 rings (SSSR count). The zero-order valence-corrected chi connectivity index (χ0v) is 9.14. The normalized spacial score (nSPS) is 42.1. The fraction of sp³-hybridized carbons (Fsp3) is 0.636. The predicted molar refractivity (Wildman–Crippen MR) is 59.0 cm³/mol. The van der Waals surface area contributed by atoms with Crippen molar-refractivity contribution in [2.75, 3.05) is 0 Å². The van der Waals surface area contributed by atoms with E-state index >= 15 is 0 Å². The second-order valence-corrected chi connectivity index (χ2v) is 5.25. The molecule has 4 atom stereocenters. The van der Waals surface area contributed by atoms with Gasteiger partial charge in [-0.1, -0.05) is 0 Å². The van der Waals surface area contributed by atoms with Crippen molar-refractivity contribution in [2.24, 2.45) is 33.9 Å². The number of carbonyl (C=O) groups excluding carboxylic acids is 2. The van der Waals surface area contributed by atoms with Crippen molar-refractivity contribution in [1.29, 1.82) is 0 Å². The summed E-state index contributed by atoms with van der Waals surface area (Å²) < 4.78 is 0. The molecular formula is C11H12N4O2. The highest BCUT2D eigenvalue weighted by Gasteiger charge is 2.51. The van der Waals surface area contributed by atoms with Crippen LogP contribution in [0.1, 0.15) is 19.3 Å². The van der Waals surface area contributed by atoms with Crippen molar-refractivity contribution in [3.63, 3.8) is 0 Å². The number of hydrazone groups is 2. The molecule has 0 aromatic heterocycles. The molecule has 0 aromatic rings. The first-order valence-electron chi connectivity index (χ1n) is 5.97. The van der Waals surface area contributed by atoms with Gasteiger partial charge in [0.25, 0.3) is 0 Å². The van der Waals surface area contributed by atoms with E-state index < -0.39 is 0 Å². The van der Waals surface area contributed by atoms with Crippen LogP contribution in [0, 0.1) is 23.7 Å². The van der Waals surface area contributed by atoms with Gasteiger partial charge in [0, 0.05) is 5.92 Å². The van der Waals surface area contributed by atoms with Crippen LogP contribution in [0.5, 0.6) is 0 Å². The standard InChI is InChI=1S/C11H12N4O2/c16-10-6-2-4-1-5(9(6)13-14-10)3-7-8(4)11(17)15-12-7/h4-6,8H,1-3H2,(H,14,16)(H,15,17)/t4-,5+,6+,8+/m0/s1. The van der Waals surface area contributed by atoms with Crippen molar-refractivity contribution < 1.29 is 9.59 Å². The number of hydrogen-bond acceptors (Lipinski definition) is 4. The van der Waals surface area contributed by atoms with Crippen LogP contribution in [0.15, 0.2) is 10.2 Å². The molecule has 0 radical (unpaired) electrons. The average molecular weight is 232 g/mol. The minimum atomic E-state index is -0.103. The van der Waals surface area contributed by atoms with Gasteiger partial charge in [-0.3, -0.25) is 9.59 Å². The van der Waals surface area contributed by atoms with Gasteiger partial charge < -0.3 is 0 Å². The molecule has 6 nitrogen and oxygen atoms in total. The quantitative estimate of drug-likeness (QED) is 0.596. The summed E-state index contributed by atoms with van der Waals surface area (Å²) in [6, 6.07) is 0.